The molecule has 5 heteroatoms. The topological polar surface area (TPSA) is 58.4 Å². The number of benzene rings is 1. The lowest BCUT2D eigenvalue weighted by Gasteiger charge is -2.19. The van der Waals surface area contributed by atoms with Crippen molar-refractivity contribution in [3.05, 3.63) is 34.4 Å². The minimum atomic E-state index is -0.365. The lowest BCUT2D eigenvalue weighted by Crippen LogP contribution is -2.30. The van der Waals surface area contributed by atoms with Gasteiger partial charge < -0.3 is 5.32 Å². The summed E-state index contributed by atoms with van der Waals surface area (Å²) in [5.74, 6) is 0. The number of hydrogen-bond acceptors (Lipinski definition) is 4. The lowest BCUT2D eigenvalue weighted by molar-refractivity contribution is -0.384. The van der Waals surface area contributed by atoms with Gasteiger partial charge in [0.2, 0.25) is 0 Å². The summed E-state index contributed by atoms with van der Waals surface area (Å²) in [6, 6.07) is 8.60. The fourth-order valence-electron chi connectivity index (χ4n) is 2.99. The molecular weight excluding hydrogens is 242 g/mol. The third-order valence-corrected chi connectivity index (χ3v) is 4.09. The quantitative estimate of drug-likeness (QED) is 0.668. The predicted molar refractivity (Wildman–Crippen MR) is 74.3 cm³/mol. The van der Waals surface area contributed by atoms with Crippen LogP contribution in [0.5, 0.6) is 0 Å². The van der Waals surface area contributed by atoms with E-state index in [0.717, 1.165) is 24.7 Å². The lowest BCUT2D eigenvalue weighted by atomic mass is 10.2. The van der Waals surface area contributed by atoms with Gasteiger partial charge in [0, 0.05) is 42.5 Å². The van der Waals surface area contributed by atoms with Gasteiger partial charge in [-0.05, 0) is 38.3 Å². The van der Waals surface area contributed by atoms with E-state index >= 15 is 0 Å². The Morgan fingerprint density at radius 2 is 2.00 bits per heavy atom. The molecule has 2 fully saturated rings. The van der Waals surface area contributed by atoms with Gasteiger partial charge in [-0.3, -0.25) is 15.0 Å². The van der Waals surface area contributed by atoms with Crippen LogP contribution in [-0.4, -0.2) is 34.5 Å². The fourth-order valence-corrected chi connectivity index (χ4v) is 2.99. The largest absolute Gasteiger partial charge is 0.381 e. The first-order chi connectivity index (χ1) is 9.13. The number of nitro groups is 1. The number of nitrogens with zero attached hydrogens (tertiary/aromatic N) is 2. The molecule has 0 radical (unpaired) electrons. The second-order valence-corrected chi connectivity index (χ2v) is 5.66. The molecule has 0 aromatic heterocycles. The van der Waals surface area contributed by atoms with Crippen LogP contribution in [0.25, 0.3) is 0 Å². The summed E-state index contributed by atoms with van der Waals surface area (Å²) >= 11 is 0. The Morgan fingerprint density at radius 1 is 1.32 bits per heavy atom. The predicted octanol–water partition coefficient (Wildman–Crippen LogP) is 2.63. The number of non-ortho nitro benzene ring substituents is 1. The molecule has 19 heavy (non-hydrogen) atoms. The highest BCUT2D eigenvalue weighted by atomic mass is 16.6. The average Bonchev–Trinajstić information content (AvgIpc) is 3.15. The van der Waals surface area contributed by atoms with Gasteiger partial charge >= 0.3 is 0 Å². The van der Waals surface area contributed by atoms with Gasteiger partial charge in [-0.2, -0.15) is 0 Å². The second kappa shape index (κ2) is 4.81. The first-order valence-corrected chi connectivity index (χ1v) is 6.90. The van der Waals surface area contributed by atoms with Crippen LogP contribution < -0.4 is 5.32 Å². The fraction of sp³-hybridized carbons (Fsp3) is 0.571. The maximum absolute atomic E-state index is 10.6. The van der Waals surface area contributed by atoms with Gasteiger partial charge in [0.1, 0.15) is 0 Å². The van der Waals surface area contributed by atoms with E-state index in [0.29, 0.717) is 12.1 Å². The Hall–Kier alpha value is -1.62. The van der Waals surface area contributed by atoms with Crippen molar-refractivity contribution >= 4 is 11.4 Å². The molecule has 1 N–H and O–H groups in total. The number of anilines is 1. The minimum absolute atomic E-state index is 0.143. The van der Waals surface area contributed by atoms with Gasteiger partial charge in [0.15, 0.2) is 0 Å². The van der Waals surface area contributed by atoms with E-state index in [1.165, 1.54) is 12.8 Å². The number of nitrogens with one attached hydrogen (secondary N) is 1. The summed E-state index contributed by atoms with van der Waals surface area (Å²) in [7, 11) is 0. The summed E-state index contributed by atoms with van der Waals surface area (Å²) in [6.07, 6.45) is 3.83. The summed E-state index contributed by atoms with van der Waals surface area (Å²) < 4.78 is 0. The van der Waals surface area contributed by atoms with E-state index in [9.17, 15) is 10.1 Å². The van der Waals surface area contributed by atoms with Crippen LogP contribution in [0.15, 0.2) is 24.3 Å². The molecule has 3 rings (SSSR count). The van der Waals surface area contributed by atoms with E-state index in [2.05, 4.69) is 17.1 Å². The molecule has 0 amide bonds. The van der Waals surface area contributed by atoms with Crippen molar-refractivity contribution in [2.45, 2.75) is 44.3 Å². The highest BCUT2D eigenvalue weighted by Gasteiger charge is 2.38. The third kappa shape index (κ3) is 2.71. The van der Waals surface area contributed by atoms with Crippen LogP contribution in [0.1, 0.15) is 26.2 Å². The van der Waals surface area contributed by atoms with Crippen molar-refractivity contribution in [2.24, 2.45) is 0 Å². The molecule has 2 aliphatic rings. The van der Waals surface area contributed by atoms with E-state index in [1.54, 1.807) is 24.3 Å². The maximum atomic E-state index is 10.6. The van der Waals surface area contributed by atoms with Crippen LogP contribution in [0, 0.1) is 10.1 Å². The van der Waals surface area contributed by atoms with Crippen LogP contribution >= 0.6 is 0 Å². The van der Waals surface area contributed by atoms with Crippen LogP contribution in [0.3, 0.4) is 0 Å². The Morgan fingerprint density at radius 3 is 2.58 bits per heavy atom. The molecule has 102 valence electrons. The van der Waals surface area contributed by atoms with E-state index < -0.39 is 0 Å². The van der Waals surface area contributed by atoms with Crippen molar-refractivity contribution in [3.63, 3.8) is 0 Å². The van der Waals surface area contributed by atoms with Crippen LogP contribution in [0.4, 0.5) is 11.4 Å². The van der Waals surface area contributed by atoms with Gasteiger partial charge in [-0.15, -0.1) is 0 Å². The SMILES string of the molecule is CC1CC(Nc2ccc([N+](=O)[O-])cc2)CN1C1CC1. The summed E-state index contributed by atoms with van der Waals surface area (Å²) in [6.45, 7) is 3.37. The maximum Gasteiger partial charge on any atom is 0.269 e. The van der Waals surface area contributed by atoms with Gasteiger partial charge in [0.25, 0.3) is 5.69 Å². The Kier molecular flexibility index (Phi) is 3.14. The molecule has 2 unspecified atom stereocenters. The molecule has 0 bridgehead atoms. The minimum Gasteiger partial charge on any atom is -0.381 e. The van der Waals surface area contributed by atoms with Gasteiger partial charge in [0.05, 0.1) is 4.92 Å². The summed E-state index contributed by atoms with van der Waals surface area (Å²) in [5.41, 5.74) is 1.12. The first kappa shape index (κ1) is 12.4. The Balaban J connectivity index is 1.60. The van der Waals surface area contributed by atoms with Crippen molar-refractivity contribution in [2.75, 3.05) is 11.9 Å². The van der Waals surface area contributed by atoms with Crippen molar-refractivity contribution in [1.82, 2.24) is 4.90 Å². The van der Waals surface area contributed by atoms with Gasteiger partial charge in [-0.1, -0.05) is 0 Å². The number of nitro benzene ring substituents is 1. The zero-order valence-electron chi connectivity index (χ0n) is 11.1. The zero-order chi connectivity index (χ0) is 13.4. The number of rotatable bonds is 4. The van der Waals surface area contributed by atoms with E-state index in [-0.39, 0.29) is 10.6 Å². The Labute approximate surface area is 112 Å². The van der Waals surface area contributed by atoms with Crippen molar-refractivity contribution < 1.29 is 4.92 Å². The standard InChI is InChI=1S/C14H19N3O2/c1-10-8-12(9-16(10)13-6-7-13)15-11-2-4-14(5-3-11)17(18)19/h2-5,10,12-13,15H,6-9H2,1H3. The molecule has 2 atom stereocenters. The highest BCUT2D eigenvalue weighted by molar-refractivity contribution is 5.49. The second-order valence-electron chi connectivity index (χ2n) is 5.66. The first-order valence-electron chi connectivity index (χ1n) is 6.90. The third-order valence-electron chi connectivity index (χ3n) is 4.09. The van der Waals surface area contributed by atoms with Crippen LogP contribution in [0.2, 0.25) is 0 Å². The molecule has 1 saturated carbocycles. The smallest absolute Gasteiger partial charge is 0.269 e. The van der Waals surface area contributed by atoms with Gasteiger partial charge in [-0.25, -0.2) is 0 Å². The summed E-state index contributed by atoms with van der Waals surface area (Å²) in [4.78, 5) is 12.8. The van der Waals surface area contributed by atoms with Crippen LogP contribution in [-0.2, 0) is 0 Å². The molecule has 5 nitrogen and oxygen atoms in total. The Bertz CT molecular complexity index is 470. The normalized spacial score (nSPS) is 27.4. The monoisotopic (exact) mass is 261 g/mol. The molecule has 0 spiro atoms. The molecule has 1 aromatic rings. The molecular formula is C14H19N3O2. The molecule has 1 aliphatic carbocycles. The number of likely N-dealkylation sites (tertiary alicyclic amines) is 1. The zero-order valence-corrected chi connectivity index (χ0v) is 11.1. The molecule has 1 aromatic carbocycles. The highest BCUT2D eigenvalue weighted by Crippen LogP contribution is 2.34. The van der Waals surface area contributed by atoms with E-state index in [4.69, 9.17) is 0 Å². The molecule has 1 heterocycles. The van der Waals surface area contributed by atoms with Crippen molar-refractivity contribution in [1.29, 1.82) is 0 Å². The van der Waals surface area contributed by atoms with Crippen molar-refractivity contribution in [3.8, 4) is 0 Å². The number of hydrogen-bond donors (Lipinski definition) is 1. The van der Waals surface area contributed by atoms with E-state index in [1.807, 2.05) is 0 Å². The summed E-state index contributed by atoms with van der Waals surface area (Å²) in [5, 5.41) is 14.1. The average molecular weight is 261 g/mol. The molecule has 1 aliphatic heterocycles. The molecule has 1 saturated heterocycles.